The highest BCUT2D eigenvalue weighted by Crippen LogP contribution is 2.40. The van der Waals surface area contributed by atoms with E-state index >= 15 is 0 Å². The fourth-order valence-corrected chi connectivity index (χ4v) is 5.51. The Balaban J connectivity index is 1.85. The smallest absolute Gasteiger partial charge is 0.339 e. The number of imidazole rings is 1. The third-order valence-electron chi connectivity index (χ3n) is 7.32. The van der Waals surface area contributed by atoms with Crippen molar-refractivity contribution < 1.29 is 23.9 Å². The van der Waals surface area contributed by atoms with E-state index in [-0.39, 0.29) is 24.9 Å². The topological polar surface area (TPSA) is 90.7 Å². The van der Waals surface area contributed by atoms with E-state index in [2.05, 4.69) is 6.92 Å². The number of hydrogen-bond donors (Lipinski definition) is 0. The van der Waals surface area contributed by atoms with Crippen LogP contribution in [0, 0.1) is 0 Å². The maximum atomic E-state index is 13.6. The summed E-state index contributed by atoms with van der Waals surface area (Å²) in [5.74, 6) is -0.113. The highest BCUT2D eigenvalue weighted by atomic mass is 16.6. The van der Waals surface area contributed by atoms with Crippen LogP contribution in [0.25, 0.3) is 16.8 Å². The van der Waals surface area contributed by atoms with E-state index in [9.17, 15) is 14.4 Å². The molecule has 3 aromatic rings. The number of ether oxygens (including phenoxy) is 2. The molecule has 0 fully saturated rings. The van der Waals surface area contributed by atoms with E-state index in [4.69, 9.17) is 14.5 Å². The molecular weight excluding hydrogens is 518 g/mol. The van der Waals surface area contributed by atoms with Crippen LogP contribution in [-0.2, 0) is 37.4 Å². The predicted octanol–water partition coefficient (Wildman–Crippen LogP) is 6.02. The second-order valence-corrected chi connectivity index (χ2v) is 11.4. The summed E-state index contributed by atoms with van der Waals surface area (Å²) < 4.78 is 13.2. The van der Waals surface area contributed by atoms with Gasteiger partial charge in [0, 0.05) is 31.5 Å². The molecule has 2 heterocycles. The molecule has 1 aromatic heterocycles. The number of nitrogens with zero attached hydrogens (tertiary/aromatic N) is 3. The summed E-state index contributed by atoms with van der Waals surface area (Å²) in [7, 11) is 0. The minimum absolute atomic E-state index is 0.106. The first-order valence-electron chi connectivity index (χ1n) is 14.5. The third kappa shape index (κ3) is 5.78. The predicted molar refractivity (Wildman–Crippen MR) is 158 cm³/mol. The van der Waals surface area contributed by atoms with Gasteiger partial charge in [0.25, 0.3) is 0 Å². The zero-order valence-electron chi connectivity index (χ0n) is 25.2. The number of fused-ring (bicyclic) bond motifs is 1. The van der Waals surface area contributed by atoms with E-state index in [1.165, 1.54) is 0 Å². The molecule has 0 radical (unpaired) electrons. The summed E-state index contributed by atoms with van der Waals surface area (Å²) in [6.45, 7) is 13.6. The number of carbonyl (C=O) groups excluding carboxylic acids is 3. The van der Waals surface area contributed by atoms with Crippen LogP contribution in [-0.4, -0.2) is 51.0 Å². The van der Waals surface area contributed by atoms with E-state index in [1.54, 1.807) is 31.7 Å². The van der Waals surface area contributed by atoms with Crippen molar-refractivity contribution in [2.45, 2.75) is 85.3 Å². The van der Waals surface area contributed by atoms with Gasteiger partial charge >= 0.3 is 11.9 Å². The zero-order valence-corrected chi connectivity index (χ0v) is 25.2. The Morgan fingerprint density at radius 3 is 2.29 bits per heavy atom. The van der Waals surface area contributed by atoms with Crippen molar-refractivity contribution in [3.63, 3.8) is 0 Å². The first-order valence-corrected chi connectivity index (χ1v) is 14.5. The molecule has 0 bridgehead atoms. The first-order chi connectivity index (χ1) is 19.5. The Morgan fingerprint density at radius 2 is 1.68 bits per heavy atom. The molecule has 2 aromatic carbocycles. The average molecular weight is 560 g/mol. The largest absolute Gasteiger partial charge is 0.464 e. The van der Waals surface area contributed by atoms with Crippen LogP contribution in [0.3, 0.4) is 0 Å². The van der Waals surface area contributed by atoms with E-state index < -0.39 is 17.1 Å². The van der Waals surface area contributed by atoms with E-state index in [0.29, 0.717) is 30.6 Å². The molecule has 0 aliphatic carbocycles. The molecule has 0 saturated carbocycles. The number of hydrogen-bond acceptors (Lipinski definition) is 6. The Hall–Kier alpha value is -3.94. The molecule has 218 valence electrons. The van der Waals surface area contributed by atoms with Gasteiger partial charge < -0.3 is 14.4 Å². The maximum absolute atomic E-state index is 13.6. The lowest BCUT2D eigenvalue weighted by atomic mass is 9.87. The maximum Gasteiger partial charge on any atom is 0.339 e. The number of amides is 1. The van der Waals surface area contributed by atoms with Crippen molar-refractivity contribution in [3.8, 4) is 16.8 Å². The lowest BCUT2D eigenvalue weighted by Gasteiger charge is -2.43. The molecule has 8 heteroatoms. The molecular formula is C33H41N3O5. The van der Waals surface area contributed by atoms with Gasteiger partial charge in [0.05, 0.1) is 23.6 Å². The molecule has 0 saturated heterocycles. The van der Waals surface area contributed by atoms with Gasteiger partial charge in [-0.3, -0.25) is 9.36 Å². The molecule has 4 rings (SSSR count). The van der Waals surface area contributed by atoms with Crippen LogP contribution in [0.1, 0.15) is 88.9 Å². The third-order valence-corrected chi connectivity index (χ3v) is 7.32. The molecule has 0 spiro atoms. The summed E-state index contributed by atoms with van der Waals surface area (Å²) >= 11 is 0. The van der Waals surface area contributed by atoms with E-state index in [0.717, 1.165) is 34.8 Å². The van der Waals surface area contributed by atoms with E-state index in [1.807, 2.05) is 67.8 Å². The van der Waals surface area contributed by atoms with Crippen LogP contribution >= 0.6 is 0 Å². The summed E-state index contributed by atoms with van der Waals surface area (Å²) in [5, 5.41) is 0. The van der Waals surface area contributed by atoms with Crippen molar-refractivity contribution in [3.05, 3.63) is 71.3 Å². The normalized spacial score (nSPS) is 16.7. The molecule has 41 heavy (non-hydrogen) atoms. The van der Waals surface area contributed by atoms with Crippen LogP contribution in [0.15, 0.2) is 48.5 Å². The Bertz CT molecular complexity index is 1430. The molecule has 1 amide bonds. The zero-order chi connectivity index (χ0) is 29.9. The quantitative estimate of drug-likeness (QED) is 0.314. The number of carbonyl (C=O) groups is 3. The van der Waals surface area contributed by atoms with Crippen LogP contribution < -0.4 is 0 Å². The van der Waals surface area contributed by atoms with Gasteiger partial charge in [-0.15, -0.1) is 0 Å². The Labute approximate surface area is 242 Å². The van der Waals surface area contributed by atoms with Gasteiger partial charge in [-0.2, -0.15) is 0 Å². The van der Waals surface area contributed by atoms with Gasteiger partial charge in [-0.05, 0) is 70.4 Å². The second-order valence-electron chi connectivity index (χ2n) is 11.4. The summed E-state index contributed by atoms with van der Waals surface area (Å²) in [6, 6.07) is 15.2. The average Bonchev–Trinajstić information content (AvgIpc) is 3.31. The lowest BCUT2D eigenvalue weighted by Crippen LogP contribution is -2.57. The molecule has 1 aliphatic rings. The Morgan fingerprint density at radius 1 is 1.00 bits per heavy atom. The summed E-state index contributed by atoms with van der Waals surface area (Å²) in [4.78, 5) is 46.3. The number of benzene rings is 2. The number of aromatic nitrogens is 2. The van der Waals surface area contributed by atoms with Crippen LogP contribution in [0.2, 0.25) is 0 Å². The van der Waals surface area contributed by atoms with Gasteiger partial charge in [0.1, 0.15) is 11.4 Å². The van der Waals surface area contributed by atoms with Crippen molar-refractivity contribution in [2.24, 2.45) is 0 Å². The van der Waals surface area contributed by atoms with Gasteiger partial charge in [-0.1, -0.05) is 44.2 Å². The fraction of sp³-hybridized carbons (Fsp3) is 0.455. The summed E-state index contributed by atoms with van der Waals surface area (Å²) in [5.41, 5.74) is 2.49. The van der Waals surface area contributed by atoms with Crippen LogP contribution in [0.4, 0.5) is 0 Å². The molecule has 1 aliphatic heterocycles. The SMILES string of the molecule is CCCc1nc2c(n1-c1ccc(-c3ccccc3C(=O)OC(C)(C)C)cc1)C(C)(C(=O)OCC)N(C(=O)CC)CC2. The summed E-state index contributed by atoms with van der Waals surface area (Å²) in [6.07, 6.45) is 2.41. The van der Waals surface area contributed by atoms with Crippen LogP contribution in [0.5, 0.6) is 0 Å². The fourth-order valence-electron chi connectivity index (χ4n) is 5.51. The molecule has 1 unspecified atom stereocenters. The first kappa shape index (κ1) is 30.0. The second kappa shape index (κ2) is 11.9. The standard InChI is InChI=1S/C33H41N3O5/c1-8-13-27-34-26-20-21-35(28(37)9-2)33(7,31(39)40-10-3)29(26)36(27)23-18-16-22(17-19-23)24-14-11-12-15-25(24)30(38)41-32(4,5)6/h11-12,14-19H,8-10,13,20-21H2,1-7H3. The minimum atomic E-state index is -1.32. The number of esters is 2. The van der Waals surface area contributed by atoms with Gasteiger partial charge in [0.2, 0.25) is 5.91 Å². The lowest BCUT2D eigenvalue weighted by molar-refractivity contribution is -0.165. The number of aryl methyl sites for hydroxylation is 1. The molecule has 0 N–H and O–H groups in total. The van der Waals surface area contributed by atoms with Crippen molar-refractivity contribution >= 4 is 17.8 Å². The highest BCUT2D eigenvalue weighted by molar-refractivity contribution is 5.97. The monoisotopic (exact) mass is 559 g/mol. The Kier molecular flexibility index (Phi) is 8.71. The molecule has 8 nitrogen and oxygen atoms in total. The van der Waals surface area contributed by atoms with Crippen molar-refractivity contribution in [1.29, 1.82) is 0 Å². The minimum Gasteiger partial charge on any atom is -0.464 e. The van der Waals surface area contributed by atoms with Gasteiger partial charge in [0.15, 0.2) is 5.54 Å². The van der Waals surface area contributed by atoms with Gasteiger partial charge in [-0.25, -0.2) is 14.6 Å². The van der Waals surface area contributed by atoms with Crippen molar-refractivity contribution in [1.82, 2.24) is 14.5 Å². The van der Waals surface area contributed by atoms with Crippen molar-refractivity contribution in [2.75, 3.05) is 13.2 Å². The molecule has 1 atom stereocenters. The number of rotatable bonds is 8. The highest BCUT2D eigenvalue weighted by Gasteiger charge is 2.51.